The normalized spacial score (nSPS) is 17.8. The Morgan fingerprint density at radius 3 is 2.44 bits per heavy atom. The molecule has 0 aromatic heterocycles. The van der Waals surface area contributed by atoms with Crippen molar-refractivity contribution in [2.24, 2.45) is 0 Å². The van der Waals surface area contributed by atoms with Crippen molar-refractivity contribution in [2.75, 3.05) is 38.2 Å². The standard InChI is InChI=1S/C18H24N2O5/c1-24-15-6-5-13(11-16(15)25-14-3-2-4-14)19-7-9-20(10-8-19)17(21)12-18(22)23/h5-6,11,14H,2-4,7-10,12H2,1H3,(H,22,23). The van der Waals surface area contributed by atoms with Crippen molar-refractivity contribution >= 4 is 17.6 Å². The second-order valence-corrected chi connectivity index (χ2v) is 6.44. The molecule has 0 unspecified atom stereocenters. The Morgan fingerprint density at radius 2 is 1.88 bits per heavy atom. The van der Waals surface area contributed by atoms with Gasteiger partial charge in [-0.1, -0.05) is 0 Å². The predicted molar refractivity (Wildman–Crippen MR) is 92.3 cm³/mol. The van der Waals surface area contributed by atoms with Crippen LogP contribution in [0.3, 0.4) is 0 Å². The first kappa shape index (κ1) is 17.4. The van der Waals surface area contributed by atoms with Gasteiger partial charge in [-0.15, -0.1) is 0 Å². The Bertz CT molecular complexity index is 636. The summed E-state index contributed by atoms with van der Waals surface area (Å²) in [5, 5.41) is 8.74. The van der Waals surface area contributed by atoms with E-state index in [9.17, 15) is 9.59 Å². The lowest BCUT2D eigenvalue weighted by Crippen LogP contribution is -2.49. The molecule has 136 valence electrons. The molecule has 1 aromatic rings. The van der Waals surface area contributed by atoms with Crippen LogP contribution in [0.25, 0.3) is 0 Å². The highest BCUT2D eigenvalue weighted by Crippen LogP contribution is 2.35. The van der Waals surface area contributed by atoms with Gasteiger partial charge < -0.3 is 24.4 Å². The van der Waals surface area contributed by atoms with E-state index in [1.807, 2.05) is 18.2 Å². The van der Waals surface area contributed by atoms with Crippen LogP contribution in [0.15, 0.2) is 18.2 Å². The van der Waals surface area contributed by atoms with Gasteiger partial charge in [-0.2, -0.15) is 0 Å². The summed E-state index contributed by atoms with van der Waals surface area (Å²) in [5.41, 5.74) is 1.03. The predicted octanol–water partition coefficient (Wildman–Crippen LogP) is 1.75. The Balaban J connectivity index is 1.63. The van der Waals surface area contributed by atoms with Crippen LogP contribution in [0.4, 0.5) is 5.69 Å². The number of methoxy groups -OCH3 is 1. The van der Waals surface area contributed by atoms with Crippen molar-refractivity contribution in [3.63, 3.8) is 0 Å². The van der Waals surface area contributed by atoms with E-state index in [-0.39, 0.29) is 12.0 Å². The fraction of sp³-hybridized carbons (Fsp3) is 0.556. The number of amides is 1. The molecule has 0 bridgehead atoms. The summed E-state index contributed by atoms with van der Waals surface area (Å²) in [5.74, 6) is 0.0799. The Kier molecular flexibility index (Phi) is 5.31. The zero-order chi connectivity index (χ0) is 17.8. The second-order valence-electron chi connectivity index (χ2n) is 6.44. The smallest absolute Gasteiger partial charge is 0.312 e. The monoisotopic (exact) mass is 348 g/mol. The third kappa shape index (κ3) is 4.15. The number of carbonyl (C=O) groups is 2. The zero-order valence-electron chi connectivity index (χ0n) is 14.4. The number of ether oxygens (including phenoxy) is 2. The van der Waals surface area contributed by atoms with E-state index in [4.69, 9.17) is 14.6 Å². The molecule has 7 nitrogen and oxygen atoms in total. The van der Waals surface area contributed by atoms with E-state index in [2.05, 4.69) is 4.90 Å². The van der Waals surface area contributed by atoms with Crippen LogP contribution in [-0.4, -0.2) is 61.3 Å². The minimum atomic E-state index is -1.08. The average Bonchev–Trinajstić information content (AvgIpc) is 2.57. The summed E-state index contributed by atoms with van der Waals surface area (Å²) < 4.78 is 11.4. The van der Waals surface area contributed by atoms with Gasteiger partial charge >= 0.3 is 5.97 Å². The van der Waals surface area contributed by atoms with Crippen LogP contribution in [0, 0.1) is 0 Å². The number of carboxylic acid groups (broad SMARTS) is 1. The van der Waals surface area contributed by atoms with E-state index in [0.717, 1.165) is 30.0 Å². The van der Waals surface area contributed by atoms with E-state index in [0.29, 0.717) is 26.2 Å². The summed E-state index contributed by atoms with van der Waals surface area (Å²) in [6, 6.07) is 5.89. The number of nitrogens with zero attached hydrogens (tertiary/aromatic N) is 2. The van der Waals surface area contributed by atoms with E-state index < -0.39 is 12.4 Å². The average molecular weight is 348 g/mol. The topological polar surface area (TPSA) is 79.3 Å². The lowest BCUT2D eigenvalue weighted by Gasteiger charge is -2.36. The molecule has 1 saturated heterocycles. The fourth-order valence-corrected chi connectivity index (χ4v) is 3.08. The highest BCUT2D eigenvalue weighted by molar-refractivity contribution is 5.93. The fourth-order valence-electron chi connectivity index (χ4n) is 3.08. The van der Waals surface area contributed by atoms with Crippen LogP contribution in [0.5, 0.6) is 11.5 Å². The summed E-state index contributed by atoms with van der Waals surface area (Å²) in [4.78, 5) is 26.3. The quantitative estimate of drug-likeness (QED) is 0.789. The van der Waals surface area contributed by atoms with Gasteiger partial charge in [-0.25, -0.2) is 0 Å². The van der Waals surface area contributed by atoms with Gasteiger partial charge in [0.15, 0.2) is 11.5 Å². The Labute approximate surface area is 147 Å². The molecule has 2 aliphatic rings. The van der Waals surface area contributed by atoms with Crippen molar-refractivity contribution in [3.05, 3.63) is 18.2 Å². The van der Waals surface area contributed by atoms with Crippen LogP contribution in [-0.2, 0) is 9.59 Å². The molecule has 7 heteroatoms. The van der Waals surface area contributed by atoms with E-state index >= 15 is 0 Å². The number of hydrogen-bond donors (Lipinski definition) is 1. The molecule has 0 spiro atoms. The lowest BCUT2D eigenvalue weighted by molar-refractivity contribution is -0.144. The van der Waals surface area contributed by atoms with Gasteiger partial charge in [-0.05, 0) is 31.4 Å². The summed E-state index contributed by atoms with van der Waals surface area (Å²) in [7, 11) is 1.63. The number of carboxylic acids is 1. The van der Waals surface area contributed by atoms with Crippen LogP contribution < -0.4 is 14.4 Å². The molecule has 0 atom stereocenters. The van der Waals surface area contributed by atoms with Gasteiger partial charge in [-0.3, -0.25) is 9.59 Å². The highest BCUT2D eigenvalue weighted by atomic mass is 16.5. The molecule has 0 radical (unpaired) electrons. The van der Waals surface area contributed by atoms with Gasteiger partial charge in [0.25, 0.3) is 0 Å². The number of piperazine rings is 1. The van der Waals surface area contributed by atoms with Gasteiger partial charge in [0.1, 0.15) is 6.42 Å². The number of anilines is 1. The highest BCUT2D eigenvalue weighted by Gasteiger charge is 2.24. The van der Waals surface area contributed by atoms with Crippen molar-refractivity contribution in [2.45, 2.75) is 31.8 Å². The number of carbonyl (C=O) groups excluding carboxylic acids is 1. The molecule has 25 heavy (non-hydrogen) atoms. The first-order valence-electron chi connectivity index (χ1n) is 8.66. The molecule has 1 saturated carbocycles. The third-order valence-corrected chi connectivity index (χ3v) is 4.79. The maximum Gasteiger partial charge on any atom is 0.312 e. The number of rotatable bonds is 6. The lowest BCUT2D eigenvalue weighted by atomic mass is 9.96. The summed E-state index contributed by atoms with van der Waals surface area (Å²) in [6.45, 7) is 2.38. The molecular weight excluding hydrogens is 324 g/mol. The molecule has 2 fully saturated rings. The molecule has 1 N–H and O–H groups in total. The van der Waals surface area contributed by atoms with Gasteiger partial charge in [0, 0.05) is 37.9 Å². The summed E-state index contributed by atoms with van der Waals surface area (Å²) in [6.07, 6.45) is 3.20. The van der Waals surface area contributed by atoms with Crippen LogP contribution in [0.2, 0.25) is 0 Å². The Morgan fingerprint density at radius 1 is 1.16 bits per heavy atom. The molecule has 1 aliphatic carbocycles. The molecule has 1 aliphatic heterocycles. The van der Waals surface area contributed by atoms with Crippen molar-refractivity contribution < 1.29 is 24.2 Å². The molecule has 1 heterocycles. The number of hydrogen-bond acceptors (Lipinski definition) is 5. The molecular formula is C18H24N2O5. The Hall–Kier alpha value is -2.44. The second kappa shape index (κ2) is 7.63. The zero-order valence-corrected chi connectivity index (χ0v) is 14.4. The van der Waals surface area contributed by atoms with Gasteiger partial charge in [0.2, 0.25) is 5.91 Å². The summed E-state index contributed by atoms with van der Waals surface area (Å²) >= 11 is 0. The molecule has 1 aromatic carbocycles. The van der Waals surface area contributed by atoms with Crippen LogP contribution in [0.1, 0.15) is 25.7 Å². The maximum absolute atomic E-state index is 11.8. The van der Waals surface area contributed by atoms with Crippen molar-refractivity contribution in [1.29, 1.82) is 0 Å². The minimum absolute atomic E-state index is 0.273. The van der Waals surface area contributed by atoms with Gasteiger partial charge in [0.05, 0.1) is 13.2 Å². The largest absolute Gasteiger partial charge is 0.493 e. The maximum atomic E-state index is 11.8. The SMILES string of the molecule is COc1ccc(N2CCN(C(=O)CC(=O)O)CC2)cc1OC1CCC1. The minimum Gasteiger partial charge on any atom is -0.493 e. The molecule has 3 rings (SSSR count). The molecule has 1 amide bonds. The van der Waals surface area contributed by atoms with E-state index in [1.54, 1.807) is 12.0 Å². The first-order valence-corrected chi connectivity index (χ1v) is 8.66. The number of benzene rings is 1. The third-order valence-electron chi connectivity index (χ3n) is 4.79. The van der Waals surface area contributed by atoms with Crippen molar-refractivity contribution in [3.8, 4) is 11.5 Å². The number of aliphatic carboxylic acids is 1. The van der Waals surface area contributed by atoms with E-state index in [1.165, 1.54) is 6.42 Å². The van der Waals surface area contributed by atoms with Crippen molar-refractivity contribution in [1.82, 2.24) is 4.90 Å². The van der Waals surface area contributed by atoms with Crippen LogP contribution >= 0.6 is 0 Å². The first-order chi connectivity index (χ1) is 12.1.